The van der Waals surface area contributed by atoms with Crippen LogP contribution >= 0.6 is 0 Å². The van der Waals surface area contributed by atoms with E-state index >= 15 is 0 Å². The van der Waals surface area contributed by atoms with E-state index in [2.05, 4.69) is 19.2 Å². The third-order valence-corrected chi connectivity index (χ3v) is 4.96. The van der Waals surface area contributed by atoms with Crippen molar-refractivity contribution in [2.24, 2.45) is 5.92 Å². The summed E-state index contributed by atoms with van der Waals surface area (Å²) in [4.78, 5) is 14.5. The number of benzene rings is 2. The van der Waals surface area contributed by atoms with E-state index in [0.29, 0.717) is 37.9 Å². The number of ether oxygens (including phenoxy) is 3. The van der Waals surface area contributed by atoms with E-state index < -0.39 is 0 Å². The fraction of sp³-hybridized carbons (Fsp3) is 0.435. The quantitative estimate of drug-likeness (QED) is 0.766. The first kappa shape index (κ1) is 20.8. The predicted octanol–water partition coefficient (Wildman–Crippen LogP) is 4.01. The number of nitrogens with one attached hydrogen (secondary N) is 1. The second-order valence-electron chi connectivity index (χ2n) is 7.65. The Labute approximate surface area is 172 Å². The van der Waals surface area contributed by atoms with E-state index in [4.69, 9.17) is 14.2 Å². The SMILES string of the molecule is COc1cc2c(cc1OC)CN(C(=O)NCc1ccc(OCC(C)C)cc1)CC2. The van der Waals surface area contributed by atoms with Crippen LogP contribution in [0.15, 0.2) is 36.4 Å². The van der Waals surface area contributed by atoms with Gasteiger partial charge in [0.05, 0.1) is 20.8 Å². The number of rotatable bonds is 7. The molecule has 0 fully saturated rings. The monoisotopic (exact) mass is 398 g/mol. The van der Waals surface area contributed by atoms with Crippen LogP contribution < -0.4 is 19.5 Å². The number of hydrogen-bond donors (Lipinski definition) is 1. The van der Waals surface area contributed by atoms with Crippen molar-refractivity contribution < 1.29 is 19.0 Å². The molecule has 0 aromatic heterocycles. The Kier molecular flexibility index (Phi) is 6.86. The molecule has 156 valence electrons. The summed E-state index contributed by atoms with van der Waals surface area (Å²) in [6.45, 7) is 6.66. The van der Waals surface area contributed by atoms with Gasteiger partial charge in [-0.05, 0) is 53.3 Å². The molecular formula is C23H30N2O4. The van der Waals surface area contributed by atoms with E-state index in [0.717, 1.165) is 29.0 Å². The summed E-state index contributed by atoms with van der Waals surface area (Å²) >= 11 is 0. The maximum absolute atomic E-state index is 12.6. The van der Waals surface area contributed by atoms with Gasteiger partial charge in [0, 0.05) is 19.6 Å². The lowest BCUT2D eigenvalue weighted by atomic mass is 9.99. The average Bonchev–Trinajstić information content (AvgIpc) is 2.75. The number of carbonyl (C=O) groups excluding carboxylic acids is 1. The number of hydrogen-bond acceptors (Lipinski definition) is 4. The van der Waals surface area contributed by atoms with Gasteiger partial charge in [0.1, 0.15) is 5.75 Å². The Hall–Kier alpha value is -2.89. The molecule has 2 aromatic carbocycles. The topological polar surface area (TPSA) is 60.0 Å². The molecule has 6 nitrogen and oxygen atoms in total. The Morgan fingerprint density at radius 1 is 1.07 bits per heavy atom. The molecule has 0 bridgehead atoms. The van der Waals surface area contributed by atoms with E-state index in [9.17, 15) is 4.79 Å². The molecule has 0 unspecified atom stereocenters. The molecule has 1 N–H and O–H groups in total. The van der Waals surface area contributed by atoms with Crippen LogP contribution in [0.4, 0.5) is 4.79 Å². The number of nitrogens with zero attached hydrogens (tertiary/aromatic N) is 1. The molecule has 1 heterocycles. The molecule has 0 spiro atoms. The highest BCUT2D eigenvalue weighted by atomic mass is 16.5. The Bertz CT molecular complexity index is 834. The van der Waals surface area contributed by atoms with Gasteiger partial charge in [0.15, 0.2) is 11.5 Å². The van der Waals surface area contributed by atoms with Crippen LogP contribution in [0.2, 0.25) is 0 Å². The van der Waals surface area contributed by atoms with Gasteiger partial charge in [0.2, 0.25) is 0 Å². The van der Waals surface area contributed by atoms with Crippen LogP contribution in [0, 0.1) is 5.92 Å². The summed E-state index contributed by atoms with van der Waals surface area (Å²) in [5, 5.41) is 3.01. The standard InChI is InChI=1S/C23H30N2O4/c1-16(2)15-29-20-7-5-17(6-8-20)13-24-23(26)25-10-9-18-11-21(27-3)22(28-4)12-19(18)14-25/h5-8,11-12,16H,9-10,13-15H2,1-4H3,(H,24,26). The van der Waals surface area contributed by atoms with Crippen LogP contribution in [-0.4, -0.2) is 38.3 Å². The second kappa shape index (κ2) is 9.54. The van der Waals surface area contributed by atoms with Crippen molar-refractivity contribution >= 4 is 6.03 Å². The number of methoxy groups -OCH3 is 2. The van der Waals surface area contributed by atoms with Gasteiger partial charge >= 0.3 is 6.03 Å². The van der Waals surface area contributed by atoms with Crippen LogP contribution in [-0.2, 0) is 19.5 Å². The zero-order valence-electron chi connectivity index (χ0n) is 17.7. The van der Waals surface area contributed by atoms with Crippen LogP contribution in [0.25, 0.3) is 0 Å². The summed E-state index contributed by atoms with van der Waals surface area (Å²) < 4.78 is 16.5. The number of fused-ring (bicyclic) bond motifs is 1. The molecule has 2 aromatic rings. The van der Waals surface area contributed by atoms with Crippen molar-refractivity contribution in [3.8, 4) is 17.2 Å². The molecule has 2 amide bonds. The summed E-state index contributed by atoms with van der Waals surface area (Å²) in [6.07, 6.45) is 0.797. The second-order valence-corrected chi connectivity index (χ2v) is 7.65. The van der Waals surface area contributed by atoms with Gasteiger partial charge in [-0.2, -0.15) is 0 Å². The van der Waals surface area contributed by atoms with Gasteiger partial charge in [-0.3, -0.25) is 0 Å². The molecule has 1 aliphatic rings. The van der Waals surface area contributed by atoms with Gasteiger partial charge < -0.3 is 24.4 Å². The van der Waals surface area contributed by atoms with Crippen molar-refractivity contribution in [3.63, 3.8) is 0 Å². The molecule has 0 radical (unpaired) electrons. The lowest BCUT2D eigenvalue weighted by Crippen LogP contribution is -2.42. The third kappa shape index (κ3) is 5.34. The van der Waals surface area contributed by atoms with E-state index in [1.165, 1.54) is 5.56 Å². The molecule has 1 aliphatic heterocycles. The maximum atomic E-state index is 12.6. The van der Waals surface area contributed by atoms with Crippen molar-refractivity contribution in [2.45, 2.75) is 33.4 Å². The first-order chi connectivity index (χ1) is 14.0. The third-order valence-electron chi connectivity index (χ3n) is 4.96. The average molecular weight is 399 g/mol. The zero-order valence-corrected chi connectivity index (χ0v) is 17.7. The fourth-order valence-corrected chi connectivity index (χ4v) is 3.31. The molecule has 3 rings (SSSR count). The minimum Gasteiger partial charge on any atom is -0.493 e. The Morgan fingerprint density at radius 3 is 2.34 bits per heavy atom. The molecular weight excluding hydrogens is 368 g/mol. The Morgan fingerprint density at radius 2 is 1.72 bits per heavy atom. The van der Waals surface area contributed by atoms with Gasteiger partial charge in [0.25, 0.3) is 0 Å². The number of carbonyl (C=O) groups is 1. The summed E-state index contributed by atoms with van der Waals surface area (Å²) in [5.74, 6) is 2.76. The highest BCUT2D eigenvalue weighted by molar-refractivity contribution is 5.74. The van der Waals surface area contributed by atoms with E-state index in [1.807, 2.05) is 41.3 Å². The summed E-state index contributed by atoms with van der Waals surface area (Å²) in [5.41, 5.74) is 3.33. The van der Waals surface area contributed by atoms with E-state index in [-0.39, 0.29) is 6.03 Å². The number of urea groups is 1. The molecule has 0 saturated heterocycles. The molecule has 0 aliphatic carbocycles. The highest BCUT2D eigenvalue weighted by Gasteiger charge is 2.22. The van der Waals surface area contributed by atoms with Gasteiger partial charge in [-0.1, -0.05) is 26.0 Å². The van der Waals surface area contributed by atoms with Crippen molar-refractivity contribution in [3.05, 3.63) is 53.1 Å². The lowest BCUT2D eigenvalue weighted by Gasteiger charge is -2.29. The van der Waals surface area contributed by atoms with Crippen LogP contribution in [0.5, 0.6) is 17.2 Å². The predicted molar refractivity (Wildman–Crippen MR) is 113 cm³/mol. The lowest BCUT2D eigenvalue weighted by molar-refractivity contribution is 0.191. The smallest absolute Gasteiger partial charge is 0.317 e. The first-order valence-electron chi connectivity index (χ1n) is 9.98. The largest absolute Gasteiger partial charge is 0.493 e. The Balaban J connectivity index is 1.55. The van der Waals surface area contributed by atoms with Gasteiger partial charge in [-0.15, -0.1) is 0 Å². The van der Waals surface area contributed by atoms with Crippen molar-refractivity contribution in [1.29, 1.82) is 0 Å². The molecule has 29 heavy (non-hydrogen) atoms. The summed E-state index contributed by atoms with van der Waals surface area (Å²) in [6, 6.07) is 11.8. The first-order valence-corrected chi connectivity index (χ1v) is 9.98. The zero-order chi connectivity index (χ0) is 20.8. The maximum Gasteiger partial charge on any atom is 0.317 e. The molecule has 0 atom stereocenters. The van der Waals surface area contributed by atoms with E-state index in [1.54, 1.807) is 14.2 Å². The van der Waals surface area contributed by atoms with Gasteiger partial charge in [-0.25, -0.2) is 4.79 Å². The minimum absolute atomic E-state index is 0.0643. The highest BCUT2D eigenvalue weighted by Crippen LogP contribution is 2.33. The fourth-order valence-electron chi connectivity index (χ4n) is 3.31. The molecule has 6 heteroatoms. The number of amides is 2. The normalized spacial score (nSPS) is 13.1. The van der Waals surface area contributed by atoms with Crippen molar-refractivity contribution in [1.82, 2.24) is 10.2 Å². The summed E-state index contributed by atoms with van der Waals surface area (Å²) in [7, 11) is 3.26. The molecule has 0 saturated carbocycles. The van der Waals surface area contributed by atoms with Crippen LogP contribution in [0.3, 0.4) is 0 Å². The van der Waals surface area contributed by atoms with Crippen molar-refractivity contribution in [2.75, 3.05) is 27.4 Å². The minimum atomic E-state index is -0.0643. The van der Waals surface area contributed by atoms with Crippen LogP contribution in [0.1, 0.15) is 30.5 Å².